The number of aromatic amines is 1. The molecule has 0 spiro atoms. The third kappa shape index (κ3) is 11.3. The standard InChI is InChI=1S/C9H12N2O6.C6H12O13P2.Na/c12-3-4-6(14)7(15)8(17-4)11-2-1-5(13)10-9(11)16;7-1-2(8)3(9)4(10)5(6(11)12)18-21(16,17)19-20(13,14)15;/h1-2,4,6-8,12,14-15H,3H2,(H,10,13,16);1-5,8-10H,(H,11,12)(H,16,17)(H2,13,14,15);/q;;+1/p-1/t4-,6-,7-,8-;2-,3+,4-,5-;/m10./s1. The average Bonchev–Trinajstić information content (AvgIpc) is 3.08. The molecule has 0 amide bonds. The predicted octanol–water partition coefficient (Wildman–Crippen LogP) is -10.2. The van der Waals surface area contributed by atoms with Gasteiger partial charge in [-0.2, -0.15) is 4.31 Å². The van der Waals surface area contributed by atoms with Crippen molar-refractivity contribution >= 4 is 27.9 Å². The van der Waals surface area contributed by atoms with E-state index in [1.807, 2.05) is 4.98 Å². The van der Waals surface area contributed by atoms with Gasteiger partial charge in [0.15, 0.2) is 12.5 Å². The number of phosphoric acid groups is 2. The maximum absolute atomic E-state index is 11.4. The monoisotopic (exact) mass is 620 g/mol. The number of phosphoric ester groups is 1. The number of carbonyl (C=O) groups excluding carboxylic acids is 2. The summed E-state index contributed by atoms with van der Waals surface area (Å²) >= 11 is 0. The van der Waals surface area contributed by atoms with Crippen LogP contribution in [0.15, 0.2) is 21.9 Å². The third-order valence-electron chi connectivity index (χ3n) is 4.48. The van der Waals surface area contributed by atoms with Crippen LogP contribution < -0.4 is 45.9 Å². The Bertz CT molecular complexity index is 1170. The summed E-state index contributed by atoms with van der Waals surface area (Å²) in [6.07, 6.45) is -14.1. The third-order valence-corrected chi connectivity index (χ3v) is 6.65. The van der Waals surface area contributed by atoms with E-state index in [1.54, 1.807) is 0 Å². The van der Waals surface area contributed by atoms with Crippen LogP contribution in [0, 0.1) is 0 Å². The maximum atomic E-state index is 11.4. The number of aliphatic hydroxyl groups is 6. The SMILES string of the molecule is O=C[C@H](O)[C@@H](O)[C@H](O)[C@H](OP(=O)(O)OP(=O)(O)O)C(=O)[O-].O=c1ccn([C@@H]2O[C@H](CO)[C@@H](O)[C@H]2O)c(=O)[nH]1.[Na+]. The van der Waals surface area contributed by atoms with E-state index >= 15 is 0 Å². The number of aldehydes is 1. The molecule has 1 aliphatic rings. The molecule has 0 radical (unpaired) electrons. The van der Waals surface area contributed by atoms with Crippen molar-refractivity contribution in [1.29, 1.82) is 0 Å². The number of aliphatic carboxylic acids is 1. The topological polar surface area (TPSA) is 356 Å². The van der Waals surface area contributed by atoms with Gasteiger partial charge >= 0.3 is 50.9 Å². The van der Waals surface area contributed by atoms with Crippen LogP contribution in [0.2, 0.25) is 0 Å². The van der Waals surface area contributed by atoms with Gasteiger partial charge in [-0.15, -0.1) is 0 Å². The van der Waals surface area contributed by atoms with Crippen LogP contribution >= 0.6 is 15.6 Å². The van der Waals surface area contributed by atoms with Crippen LogP contribution in [0.25, 0.3) is 0 Å². The van der Waals surface area contributed by atoms with Crippen molar-refractivity contribution in [2.75, 3.05) is 6.61 Å². The Morgan fingerprint density at radius 2 is 1.72 bits per heavy atom. The summed E-state index contributed by atoms with van der Waals surface area (Å²) in [7, 11) is -11.2. The van der Waals surface area contributed by atoms with Gasteiger partial charge in [-0.1, -0.05) is 0 Å². The molecule has 1 unspecified atom stereocenters. The van der Waals surface area contributed by atoms with Gasteiger partial charge in [0, 0.05) is 12.3 Å². The van der Waals surface area contributed by atoms with Gasteiger partial charge < -0.3 is 64.8 Å². The number of nitrogens with zero attached hydrogens (tertiary/aromatic N) is 1. The van der Waals surface area contributed by atoms with Gasteiger partial charge in [0.05, 0.1) is 12.6 Å². The Labute approximate surface area is 238 Å². The van der Waals surface area contributed by atoms with Gasteiger partial charge in [-0.3, -0.25) is 18.9 Å². The molecule has 1 saturated heterocycles. The zero-order valence-electron chi connectivity index (χ0n) is 19.5. The van der Waals surface area contributed by atoms with Gasteiger partial charge in [-0.05, 0) is 0 Å². The number of ether oxygens (including phenoxy) is 1. The second-order valence-corrected chi connectivity index (χ2v) is 10.0. The number of hydrogen-bond donors (Lipinski definition) is 10. The fraction of sp³-hybridized carbons (Fsp3) is 0.600. The molecule has 1 fully saturated rings. The van der Waals surface area contributed by atoms with Gasteiger partial charge in [-0.25, -0.2) is 13.9 Å². The first kappa shape index (κ1) is 37.8. The number of hydrogen-bond acceptors (Lipinski definition) is 16. The number of carboxylic acid groups (broad SMARTS) is 1. The molecule has 0 aromatic carbocycles. The predicted molar refractivity (Wildman–Crippen MR) is 111 cm³/mol. The molecular formula is C15H23N2NaO19P2. The van der Waals surface area contributed by atoms with Gasteiger partial charge in [0.25, 0.3) is 5.56 Å². The number of H-pyrrole nitrogens is 1. The van der Waals surface area contributed by atoms with Gasteiger partial charge in [0.2, 0.25) is 0 Å². The number of aromatic nitrogens is 2. The summed E-state index contributed by atoms with van der Waals surface area (Å²) in [6, 6.07) is 1.09. The van der Waals surface area contributed by atoms with Crippen molar-refractivity contribution in [2.24, 2.45) is 0 Å². The molecule has 0 bridgehead atoms. The average molecular weight is 620 g/mol. The van der Waals surface area contributed by atoms with E-state index < -0.39 is 88.4 Å². The molecule has 2 heterocycles. The minimum Gasteiger partial charge on any atom is -0.547 e. The summed E-state index contributed by atoms with van der Waals surface area (Å²) < 4.78 is 34.6. The molecule has 39 heavy (non-hydrogen) atoms. The Morgan fingerprint density at radius 1 is 1.15 bits per heavy atom. The fourth-order valence-electron chi connectivity index (χ4n) is 2.74. The quantitative estimate of drug-likeness (QED) is 0.0623. The minimum absolute atomic E-state index is 0. The van der Waals surface area contributed by atoms with Crippen molar-refractivity contribution in [3.8, 4) is 0 Å². The molecule has 10 N–H and O–H groups in total. The number of rotatable bonds is 11. The number of carboxylic acids is 1. The largest absolute Gasteiger partial charge is 1.00 e. The molecule has 24 heteroatoms. The summed E-state index contributed by atoms with van der Waals surface area (Å²) in [5.74, 6) is -2.40. The number of carbonyl (C=O) groups is 2. The van der Waals surface area contributed by atoms with E-state index in [9.17, 15) is 48.7 Å². The summed E-state index contributed by atoms with van der Waals surface area (Å²) in [6.45, 7) is -0.479. The zero-order chi connectivity index (χ0) is 29.6. The van der Waals surface area contributed by atoms with Crippen molar-refractivity contribution in [3.63, 3.8) is 0 Å². The van der Waals surface area contributed by atoms with E-state index in [0.29, 0.717) is 0 Å². The zero-order valence-corrected chi connectivity index (χ0v) is 23.3. The molecule has 1 aliphatic heterocycles. The molecule has 0 aliphatic carbocycles. The summed E-state index contributed by atoms with van der Waals surface area (Å²) in [5.41, 5.74) is -1.33. The normalized spacial score (nSPS) is 25.6. The van der Waals surface area contributed by atoms with E-state index in [4.69, 9.17) is 34.7 Å². The Hall–Kier alpha value is -1.20. The smallest absolute Gasteiger partial charge is 0.547 e. The van der Waals surface area contributed by atoms with Crippen LogP contribution in [-0.4, -0.2) is 116 Å². The van der Waals surface area contributed by atoms with E-state index in [1.165, 1.54) is 0 Å². The van der Waals surface area contributed by atoms with Gasteiger partial charge in [0.1, 0.15) is 42.7 Å². The number of nitrogens with one attached hydrogen (secondary N) is 1. The Balaban J connectivity index is 0.000000733. The van der Waals surface area contributed by atoms with Crippen LogP contribution in [0.1, 0.15) is 6.23 Å². The maximum Gasteiger partial charge on any atom is 1.00 e. The second-order valence-electron chi connectivity index (χ2n) is 7.24. The molecule has 218 valence electrons. The van der Waals surface area contributed by atoms with Crippen molar-refractivity contribution < 1.29 is 112 Å². The van der Waals surface area contributed by atoms with Crippen LogP contribution in [0.4, 0.5) is 0 Å². The van der Waals surface area contributed by atoms with Crippen LogP contribution in [0.5, 0.6) is 0 Å². The molecule has 9 atom stereocenters. The van der Waals surface area contributed by atoms with Crippen LogP contribution in [-0.2, 0) is 32.3 Å². The Kier molecular flexibility index (Phi) is 15.2. The van der Waals surface area contributed by atoms with Crippen molar-refractivity contribution in [2.45, 2.75) is 49.0 Å². The van der Waals surface area contributed by atoms with E-state index in [2.05, 4.69) is 8.83 Å². The minimum atomic E-state index is -5.68. The van der Waals surface area contributed by atoms with E-state index in [0.717, 1.165) is 16.8 Å². The first-order valence-corrected chi connectivity index (χ1v) is 12.8. The van der Waals surface area contributed by atoms with E-state index in [-0.39, 0.29) is 35.8 Å². The first-order valence-electron chi connectivity index (χ1n) is 9.77. The molecule has 2 rings (SSSR count). The second kappa shape index (κ2) is 15.7. The summed E-state index contributed by atoms with van der Waals surface area (Å²) in [5, 5.41) is 66.1. The fourth-order valence-corrected chi connectivity index (χ4v) is 4.47. The molecule has 1 aromatic rings. The van der Waals surface area contributed by atoms with Crippen molar-refractivity contribution in [1.82, 2.24) is 9.55 Å². The molecule has 0 saturated carbocycles. The van der Waals surface area contributed by atoms with Crippen LogP contribution in [0.3, 0.4) is 0 Å². The number of aliphatic hydroxyl groups excluding tert-OH is 6. The molecule has 1 aromatic heterocycles. The first-order chi connectivity index (χ1) is 17.3. The molecule has 21 nitrogen and oxygen atoms in total. The summed E-state index contributed by atoms with van der Waals surface area (Å²) in [4.78, 5) is 70.6. The van der Waals surface area contributed by atoms with Crippen molar-refractivity contribution in [3.05, 3.63) is 33.1 Å². The molecular weight excluding hydrogens is 597 g/mol. The Morgan fingerprint density at radius 3 is 2.13 bits per heavy atom.